The maximum Gasteiger partial charge on any atom is 0.305 e. The van der Waals surface area contributed by atoms with Crippen molar-refractivity contribution in [3.05, 3.63) is 29.8 Å². The van der Waals surface area contributed by atoms with Gasteiger partial charge in [0.15, 0.2) is 9.84 Å². The Balaban J connectivity index is 2.66. The molecule has 1 rings (SSSR count). The van der Waals surface area contributed by atoms with Crippen LogP contribution in [0.1, 0.15) is 18.4 Å². The summed E-state index contributed by atoms with van der Waals surface area (Å²) in [5, 5.41) is 0. The van der Waals surface area contributed by atoms with E-state index in [1.807, 2.05) is 13.0 Å². The molecule has 4 nitrogen and oxygen atoms in total. The number of rotatable bonds is 5. The molecule has 0 aromatic heterocycles. The summed E-state index contributed by atoms with van der Waals surface area (Å²) in [6.07, 6.45) is 0.407. The van der Waals surface area contributed by atoms with Gasteiger partial charge in [-0.25, -0.2) is 8.42 Å². The van der Waals surface area contributed by atoms with Crippen molar-refractivity contribution in [3.8, 4) is 0 Å². The molecule has 5 heteroatoms. The average Bonchev–Trinajstić information content (AvgIpc) is 2.28. The van der Waals surface area contributed by atoms with Crippen LogP contribution in [-0.2, 0) is 19.4 Å². The largest absolute Gasteiger partial charge is 0.469 e. The van der Waals surface area contributed by atoms with E-state index >= 15 is 0 Å². The summed E-state index contributed by atoms with van der Waals surface area (Å²) in [6, 6.07) is 6.75. The highest BCUT2D eigenvalue weighted by Gasteiger charge is 2.14. The molecule has 0 amide bonds. The number of hydrogen-bond acceptors (Lipinski definition) is 4. The second kappa shape index (κ2) is 5.82. The van der Waals surface area contributed by atoms with Crippen molar-refractivity contribution in [2.45, 2.75) is 24.7 Å². The van der Waals surface area contributed by atoms with Crippen LogP contribution in [-0.4, -0.2) is 27.2 Å². The van der Waals surface area contributed by atoms with Crippen LogP contribution in [0.4, 0.5) is 0 Å². The Hall–Kier alpha value is -1.36. The van der Waals surface area contributed by atoms with Crippen LogP contribution in [0.3, 0.4) is 0 Å². The third-order valence-corrected chi connectivity index (χ3v) is 4.17. The van der Waals surface area contributed by atoms with E-state index in [0.29, 0.717) is 4.90 Å². The quantitative estimate of drug-likeness (QED) is 0.753. The van der Waals surface area contributed by atoms with Crippen LogP contribution in [0.25, 0.3) is 0 Å². The molecule has 0 bridgehead atoms. The summed E-state index contributed by atoms with van der Waals surface area (Å²) in [5.74, 6) is -0.421. The van der Waals surface area contributed by atoms with Gasteiger partial charge in [-0.15, -0.1) is 0 Å². The van der Waals surface area contributed by atoms with Gasteiger partial charge in [-0.2, -0.15) is 0 Å². The molecule has 94 valence electrons. The maximum absolute atomic E-state index is 11.9. The number of ether oxygens (including phenoxy) is 1. The molecule has 0 aliphatic carbocycles. The summed E-state index contributed by atoms with van der Waals surface area (Å²) in [7, 11) is -2.01. The third kappa shape index (κ3) is 4.19. The summed E-state index contributed by atoms with van der Waals surface area (Å²) in [5.41, 5.74) is 0.902. The predicted octanol–water partition coefficient (Wildman–Crippen LogP) is 1.72. The fraction of sp³-hybridized carbons (Fsp3) is 0.417. The number of esters is 1. The van der Waals surface area contributed by atoms with E-state index in [0.717, 1.165) is 5.56 Å². The Labute approximate surface area is 102 Å². The van der Waals surface area contributed by atoms with E-state index < -0.39 is 9.84 Å². The monoisotopic (exact) mass is 256 g/mol. The van der Waals surface area contributed by atoms with E-state index in [1.165, 1.54) is 7.11 Å². The Kier molecular flexibility index (Phi) is 4.69. The second-order valence-corrected chi connectivity index (χ2v) is 5.92. The molecule has 0 aliphatic heterocycles. The molecule has 0 spiro atoms. The van der Waals surface area contributed by atoms with Crippen LogP contribution in [0, 0.1) is 6.92 Å². The maximum atomic E-state index is 11.9. The molecule has 17 heavy (non-hydrogen) atoms. The molecule has 0 saturated heterocycles. The van der Waals surface area contributed by atoms with Crippen molar-refractivity contribution in [2.24, 2.45) is 0 Å². The second-order valence-electron chi connectivity index (χ2n) is 3.82. The lowest BCUT2D eigenvalue weighted by atomic mass is 10.2. The fourth-order valence-corrected chi connectivity index (χ4v) is 2.85. The molecule has 0 atom stereocenters. The smallest absolute Gasteiger partial charge is 0.305 e. The lowest BCUT2D eigenvalue weighted by molar-refractivity contribution is -0.140. The summed E-state index contributed by atoms with van der Waals surface area (Å²) >= 11 is 0. The first-order valence-corrected chi connectivity index (χ1v) is 6.97. The van der Waals surface area contributed by atoms with Crippen LogP contribution < -0.4 is 0 Å². The summed E-state index contributed by atoms with van der Waals surface area (Å²) in [6.45, 7) is 1.84. The number of aryl methyl sites for hydroxylation is 1. The van der Waals surface area contributed by atoms with Gasteiger partial charge in [0.2, 0.25) is 0 Å². The van der Waals surface area contributed by atoms with E-state index in [4.69, 9.17) is 0 Å². The van der Waals surface area contributed by atoms with Gasteiger partial charge in [-0.3, -0.25) is 4.79 Å². The minimum Gasteiger partial charge on any atom is -0.469 e. The number of sulfone groups is 1. The topological polar surface area (TPSA) is 60.4 Å². The fourth-order valence-electron chi connectivity index (χ4n) is 1.44. The van der Waals surface area contributed by atoms with Gasteiger partial charge in [-0.1, -0.05) is 12.1 Å². The highest BCUT2D eigenvalue weighted by molar-refractivity contribution is 7.91. The number of hydrogen-bond donors (Lipinski definition) is 0. The average molecular weight is 256 g/mol. The SMILES string of the molecule is COC(=O)CCCS(=O)(=O)c1cccc(C)c1. The normalized spacial score (nSPS) is 11.2. The van der Waals surface area contributed by atoms with Crippen LogP contribution in [0.15, 0.2) is 29.2 Å². The van der Waals surface area contributed by atoms with Crippen molar-refractivity contribution in [1.82, 2.24) is 0 Å². The Morgan fingerprint density at radius 2 is 2.06 bits per heavy atom. The number of methoxy groups -OCH3 is 1. The zero-order valence-corrected chi connectivity index (χ0v) is 10.8. The highest BCUT2D eigenvalue weighted by atomic mass is 32.2. The summed E-state index contributed by atoms with van der Waals surface area (Å²) in [4.78, 5) is 11.2. The van der Waals surface area contributed by atoms with Crippen molar-refractivity contribution >= 4 is 15.8 Å². The zero-order valence-electron chi connectivity index (χ0n) is 9.97. The van der Waals surface area contributed by atoms with Crippen molar-refractivity contribution in [2.75, 3.05) is 12.9 Å². The highest BCUT2D eigenvalue weighted by Crippen LogP contribution is 2.14. The van der Waals surface area contributed by atoms with Crippen LogP contribution in [0.2, 0.25) is 0 Å². The molecule has 0 unspecified atom stereocenters. The Bertz CT molecular complexity index is 491. The molecule has 0 radical (unpaired) electrons. The standard InChI is InChI=1S/C12H16O4S/c1-10-5-3-6-11(9-10)17(14,15)8-4-7-12(13)16-2/h3,5-6,9H,4,7-8H2,1-2H3. The molecular weight excluding hydrogens is 240 g/mol. The molecule has 1 aromatic carbocycles. The van der Waals surface area contributed by atoms with Gasteiger partial charge in [-0.05, 0) is 31.0 Å². The molecule has 0 heterocycles. The van der Waals surface area contributed by atoms with Crippen molar-refractivity contribution in [1.29, 1.82) is 0 Å². The number of benzene rings is 1. The van der Waals surface area contributed by atoms with Gasteiger partial charge in [0.05, 0.1) is 17.8 Å². The van der Waals surface area contributed by atoms with Gasteiger partial charge in [0.25, 0.3) is 0 Å². The Morgan fingerprint density at radius 3 is 2.65 bits per heavy atom. The van der Waals surface area contributed by atoms with Gasteiger partial charge in [0, 0.05) is 6.42 Å². The zero-order chi connectivity index (χ0) is 12.9. The molecular formula is C12H16O4S. The first-order valence-electron chi connectivity index (χ1n) is 5.32. The molecule has 0 aliphatic rings. The predicted molar refractivity (Wildman–Crippen MR) is 64.5 cm³/mol. The lowest BCUT2D eigenvalue weighted by Crippen LogP contribution is -2.09. The van der Waals surface area contributed by atoms with E-state index in [9.17, 15) is 13.2 Å². The lowest BCUT2D eigenvalue weighted by Gasteiger charge is -2.04. The van der Waals surface area contributed by atoms with E-state index in [2.05, 4.69) is 4.74 Å². The van der Waals surface area contributed by atoms with E-state index in [1.54, 1.807) is 18.2 Å². The van der Waals surface area contributed by atoms with Crippen molar-refractivity contribution in [3.63, 3.8) is 0 Å². The molecule has 1 aromatic rings. The minimum atomic E-state index is -3.29. The third-order valence-electron chi connectivity index (χ3n) is 2.37. The van der Waals surface area contributed by atoms with Crippen LogP contribution >= 0.6 is 0 Å². The molecule has 0 N–H and O–H groups in total. The van der Waals surface area contributed by atoms with Crippen molar-refractivity contribution < 1.29 is 17.9 Å². The molecule has 0 fully saturated rings. The van der Waals surface area contributed by atoms with E-state index in [-0.39, 0.29) is 24.6 Å². The summed E-state index contributed by atoms with van der Waals surface area (Å²) < 4.78 is 28.3. The van der Waals surface area contributed by atoms with Gasteiger partial charge >= 0.3 is 5.97 Å². The first-order chi connectivity index (χ1) is 7.95. The van der Waals surface area contributed by atoms with Gasteiger partial charge in [0.1, 0.15) is 0 Å². The minimum absolute atomic E-state index is 0.0362. The number of carbonyl (C=O) groups excluding carboxylic acids is 1. The number of carbonyl (C=O) groups is 1. The van der Waals surface area contributed by atoms with Gasteiger partial charge < -0.3 is 4.74 Å². The first kappa shape index (κ1) is 13.7. The Morgan fingerprint density at radius 1 is 1.35 bits per heavy atom. The van der Waals surface area contributed by atoms with Crippen LogP contribution in [0.5, 0.6) is 0 Å². The molecule has 0 saturated carbocycles.